The predicted molar refractivity (Wildman–Crippen MR) is 101 cm³/mol. The highest BCUT2D eigenvalue weighted by molar-refractivity contribution is 7.80. The van der Waals surface area contributed by atoms with Gasteiger partial charge in [0.25, 0.3) is 0 Å². The van der Waals surface area contributed by atoms with Crippen LogP contribution >= 0.6 is 12.2 Å². The minimum absolute atomic E-state index is 0.386. The zero-order chi connectivity index (χ0) is 17.6. The zero-order valence-corrected chi connectivity index (χ0v) is 14.5. The molecule has 0 saturated carbocycles. The van der Waals surface area contributed by atoms with Crippen molar-refractivity contribution in [1.82, 2.24) is 15.2 Å². The first-order valence-corrected chi connectivity index (χ1v) is 8.29. The highest BCUT2D eigenvalue weighted by Crippen LogP contribution is 2.17. The van der Waals surface area contributed by atoms with Crippen molar-refractivity contribution in [2.75, 3.05) is 5.32 Å². The molecule has 6 heteroatoms. The fourth-order valence-corrected chi connectivity index (χ4v) is 2.67. The average molecular weight is 347 g/mol. The quantitative estimate of drug-likeness (QED) is 0.687. The molecule has 0 amide bonds. The van der Waals surface area contributed by atoms with Gasteiger partial charge >= 0.3 is 0 Å². The molecule has 5 nitrogen and oxygen atoms in total. The van der Waals surface area contributed by atoms with Crippen molar-refractivity contribution in [1.29, 1.82) is 5.26 Å². The predicted octanol–water partition coefficient (Wildman–Crippen LogP) is 3.75. The Morgan fingerprint density at radius 2 is 1.92 bits per heavy atom. The van der Waals surface area contributed by atoms with Crippen molar-refractivity contribution < 1.29 is 0 Å². The molecular weight excluding hydrogens is 330 g/mol. The number of nitriles is 1. The molecule has 0 fully saturated rings. The molecule has 3 rings (SSSR count). The molecule has 3 aromatic rings. The van der Waals surface area contributed by atoms with Gasteiger partial charge in [0.2, 0.25) is 0 Å². The lowest BCUT2D eigenvalue weighted by Gasteiger charge is -2.10. The fourth-order valence-electron chi connectivity index (χ4n) is 2.39. The minimum atomic E-state index is -0.697. The summed E-state index contributed by atoms with van der Waals surface area (Å²) in [5.74, 6) is 0.398. The number of benzene rings is 2. The van der Waals surface area contributed by atoms with Gasteiger partial charge in [-0.05, 0) is 24.6 Å². The summed E-state index contributed by atoms with van der Waals surface area (Å²) in [5.41, 5.74) is 3.13. The number of nitrogens with one attached hydrogen (secondary N) is 2. The molecule has 0 unspecified atom stereocenters. The summed E-state index contributed by atoms with van der Waals surface area (Å²) in [6.45, 7) is 2.02. The van der Waals surface area contributed by atoms with Crippen molar-refractivity contribution >= 4 is 22.9 Å². The molecule has 1 heterocycles. The van der Waals surface area contributed by atoms with Gasteiger partial charge in [-0.2, -0.15) is 10.4 Å². The normalized spacial score (nSPS) is 11.5. The van der Waals surface area contributed by atoms with Gasteiger partial charge in [0.15, 0.2) is 11.7 Å². The van der Waals surface area contributed by atoms with Crippen LogP contribution in [0, 0.1) is 18.3 Å². The standard InChI is InChI=1S/C19H17N5S/c1-13-7-9-15(10-8-13)21-19(25)16(12-20)18-22-17(23-24-18)11-14-5-3-2-4-6-14/h2-10,16H,11H2,1H3,(H,21,25)(H,22,23,24)/t16-/m1/s1. The van der Waals surface area contributed by atoms with Crippen molar-refractivity contribution in [2.45, 2.75) is 19.3 Å². The molecule has 0 spiro atoms. The second kappa shape index (κ2) is 7.69. The third-order valence-corrected chi connectivity index (χ3v) is 4.07. The van der Waals surface area contributed by atoms with E-state index in [1.807, 2.05) is 61.5 Å². The zero-order valence-electron chi connectivity index (χ0n) is 13.7. The van der Waals surface area contributed by atoms with E-state index >= 15 is 0 Å². The summed E-state index contributed by atoms with van der Waals surface area (Å²) in [7, 11) is 0. The largest absolute Gasteiger partial charge is 0.349 e. The SMILES string of the molecule is Cc1ccc(NC(=S)[C@H](C#N)c2n[nH]c(Cc3ccccc3)n2)cc1. The number of nitrogens with zero attached hydrogens (tertiary/aromatic N) is 3. The van der Waals surface area contributed by atoms with Gasteiger partial charge in [0.1, 0.15) is 10.8 Å². The van der Waals surface area contributed by atoms with Crippen LogP contribution in [-0.2, 0) is 6.42 Å². The Bertz CT molecular complexity index is 894. The minimum Gasteiger partial charge on any atom is -0.349 e. The lowest BCUT2D eigenvalue weighted by atomic mass is 10.1. The van der Waals surface area contributed by atoms with Crippen LogP contribution in [0.2, 0.25) is 0 Å². The van der Waals surface area contributed by atoms with Crippen molar-refractivity contribution in [3.63, 3.8) is 0 Å². The van der Waals surface area contributed by atoms with Crippen LogP contribution in [0.4, 0.5) is 5.69 Å². The van der Waals surface area contributed by atoms with Gasteiger partial charge < -0.3 is 5.32 Å². The van der Waals surface area contributed by atoms with E-state index in [4.69, 9.17) is 12.2 Å². The number of hydrogen-bond acceptors (Lipinski definition) is 4. The van der Waals surface area contributed by atoms with E-state index in [9.17, 15) is 5.26 Å². The number of aryl methyl sites for hydroxylation is 1. The molecule has 0 radical (unpaired) electrons. The van der Waals surface area contributed by atoms with Crippen LogP contribution in [0.5, 0.6) is 0 Å². The number of anilines is 1. The van der Waals surface area contributed by atoms with Gasteiger partial charge in [-0.15, -0.1) is 0 Å². The Labute approximate surface area is 151 Å². The number of hydrogen-bond donors (Lipinski definition) is 2. The maximum atomic E-state index is 9.50. The van der Waals surface area contributed by atoms with Crippen molar-refractivity contribution in [3.8, 4) is 6.07 Å². The van der Waals surface area contributed by atoms with Crippen molar-refractivity contribution in [3.05, 3.63) is 77.4 Å². The lowest BCUT2D eigenvalue weighted by Crippen LogP contribution is -2.19. The summed E-state index contributed by atoms with van der Waals surface area (Å²) in [4.78, 5) is 4.82. The molecule has 0 saturated heterocycles. The summed E-state index contributed by atoms with van der Waals surface area (Å²) in [6.07, 6.45) is 0.629. The van der Waals surface area contributed by atoms with E-state index in [0.717, 1.165) is 16.8 Å². The molecular formula is C19H17N5S. The van der Waals surface area contributed by atoms with Crippen LogP contribution in [0.1, 0.15) is 28.7 Å². The molecule has 0 aliphatic heterocycles. The fraction of sp³-hybridized carbons (Fsp3) is 0.158. The topological polar surface area (TPSA) is 77.4 Å². The van der Waals surface area contributed by atoms with Crippen LogP contribution in [0.3, 0.4) is 0 Å². The molecule has 1 aromatic heterocycles. The number of aromatic nitrogens is 3. The highest BCUT2D eigenvalue weighted by atomic mass is 32.1. The molecule has 2 N–H and O–H groups in total. The molecule has 1 atom stereocenters. The Hall–Kier alpha value is -3.04. The molecule has 0 bridgehead atoms. The van der Waals surface area contributed by atoms with Gasteiger partial charge in [-0.3, -0.25) is 5.10 Å². The summed E-state index contributed by atoms with van der Waals surface area (Å²) in [5, 5.41) is 19.7. The Morgan fingerprint density at radius 1 is 1.20 bits per heavy atom. The van der Waals surface area contributed by atoms with E-state index in [-0.39, 0.29) is 0 Å². The second-order valence-corrected chi connectivity index (χ2v) is 6.16. The Balaban J connectivity index is 1.71. The van der Waals surface area contributed by atoms with E-state index in [0.29, 0.717) is 23.1 Å². The number of H-pyrrole nitrogens is 1. The first-order valence-electron chi connectivity index (χ1n) is 7.88. The van der Waals surface area contributed by atoms with Crippen molar-refractivity contribution in [2.24, 2.45) is 0 Å². The Morgan fingerprint density at radius 3 is 2.60 bits per heavy atom. The molecule has 0 aliphatic rings. The Kier molecular flexibility index (Phi) is 5.17. The molecule has 25 heavy (non-hydrogen) atoms. The maximum Gasteiger partial charge on any atom is 0.174 e. The van der Waals surface area contributed by atoms with E-state index < -0.39 is 5.92 Å². The summed E-state index contributed by atoms with van der Waals surface area (Å²) < 4.78 is 0. The maximum absolute atomic E-state index is 9.50. The van der Waals surface area contributed by atoms with Crippen LogP contribution in [0.15, 0.2) is 54.6 Å². The monoisotopic (exact) mass is 347 g/mol. The van der Waals surface area contributed by atoms with Gasteiger partial charge in [0.05, 0.1) is 6.07 Å². The first-order chi connectivity index (χ1) is 12.2. The number of rotatable bonds is 5. The van der Waals surface area contributed by atoms with E-state index in [1.165, 1.54) is 0 Å². The van der Waals surface area contributed by atoms with E-state index in [1.54, 1.807) is 0 Å². The van der Waals surface area contributed by atoms with Crippen LogP contribution in [-0.4, -0.2) is 20.2 Å². The van der Waals surface area contributed by atoms with Gasteiger partial charge in [-0.1, -0.05) is 60.2 Å². The summed E-state index contributed by atoms with van der Waals surface area (Å²) in [6, 6.07) is 20.0. The molecule has 0 aliphatic carbocycles. The van der Waals surface area contributed by atoms with Gasteiger partial charge in [-0.25, -0.2) is 4.98 Å². The summed E-state index contributed by atoms with van der Waals surface area (Å²) >= 11 is 5.38. The third-order valence-electron chi connectivity index (χ3n) is 3.73. The van der Waals surface area contributed by atoms with Crippen LogP contribution in [0.25, 0.3) is 0 Å². The molecule has 124 valence electrons. The first kappa shape index (κ1) is 16.8. The van der Waals surface area contributed by atoms with E-state index in [2.05, 4.69) is 26.6 Å². The highest BCUT2D eigenvalue weighted by Gasteiger charge is 2.21. The number of aromatic amines is 1. The third kappa shape index (κ3) is 4.28. The smallest absolute Gasteiger partial charge is 0.174 e. The molecule has 2 aromatic carbocycles. The second-order valence-electron chi connectivity index (χ2n) is 5.72. The number of thiocarbonyl (C=S) groups is 1. The lowest BCUT2D eigenvalue weighted by molar-refractivity contribution is 0.949. The van der Waals surface area contributed by atoms with Gasteiger partial charge in [0, 0.05) is 12.1 Å². The average Bonchev–Trinajstić information content (AvgIpc) is 3.06. The van der Waals surface area contributed by atoms with Crippen LogP contribution < -0.4 is 5.32 Å².